The van der Waals surface area contributed by atoms with Gasteiger partial charge in [-0.15, -0.1) is 0 Å². The highest BCUT2D eigenvalue weighted by molar-refractivity contribution is 9.10. The van der Waals surface area contributed by atoms with E-state index in [1.54, 1.807) is 0 Å². The highest BCUT2D eigenvalue weighted by atomic mass is 79.9. The molecule has 1 aromatic rings. The number of hydrogen-bond acceptors (Lipinski definition) is 2. The molecule has 0 bridgehead atoms. The molecule has 1 rings (SSSR count). The summed E-state index contributed by atoms with van der Waals surface area (Å²) in [4.78, 5) is 10.8. The van der Waals surface area contributed by atoms with Crippen LogP contribution in [0, 0.1) is 0 Å². The standard InChI is InChI=1S/C10H8BrF3O3/c11-5-1-2-6(10(15)16)7(3-5)17-8(4-12)9(13)14/h1-3,8-9H,4H2,(H,15,16). The van der Waals surface area contributed by atoms with Crippen LogP contribution in [0.1, 0.15) is 10.4 Å². The summed E-state index contributed by atoms with van der Waals surface area (Å²) in [5, 5.41) is 8.80. The van der Waals surface area contributed by atoms with E-state index in [2.05, 4.69) is 20.7 Å². The van der Waals surface area contributed by atoms with Crippen molar-refractivity contribution >= 4 is 21.9 Å². The van der Waals surface area contributed by atoms with E-state index in [0.717, 1.165) is 0 Å². The molecule has 1 aromatic carbocycles. The normalized spacial score (nSPS) is 12.5. The second kappa shape index (κ2) is 5.90. The zero-order valence-electron chi connectivity index (χ0n) is 8.37. The Balaban J connectivity index is 3.03. The van der Waals surface area contributed by atoms with Crippen molar-refractivity contribution in [3.8, 4) is 5.75 Å². The maximum Gasteiger partial charge on any atom is 0.339 e. The van der Waals surface area contributed by atoms with Crippen molar-refractivity contribution in [3.05, 3.63) is 28.2 Å². The van der Waals surface area contributed by atoms with Gasteiger partial charge in [-0.25, -0.2) is 18.0 Å². The quantitative estimate of drug-likeness (QED) is 0.908. The molecule has 0 spiro atoms. The molecule has 0 saturated heterocycles. The molecule has 0 aliphatic rings. The monoisotopic (exact) mass is 312 g/mol. The highest BCUT2D eigenvalue weighted by Gasteiger charge is 2.24. The third-order valence-corrected chi connectivity index (χ3v) is 2.38. The van der Waals surface area contributed by atoms with Crippen molar-refractivity contribution in [1.82, 2.24) is 0 Å². The van der Waals surface area contributed by atoms with Crippen LogP contribution in [-0.4, -0.2) is 30.3 Å². The van der Waals surface area contributed by atoms with Gasteiger partial charge in [-0.1, -0.05) is 15.9 Å². The summed E-state index contributed by atoms with van der Waals surface area (Å²) in [7, 11) is 0. The van der Waals surface area contributed by atoms with Crippen molar-refractivity contribution < 1.29 is 27.8 Å². The molecule has 94 valence electrons. The Kier molecular flexibility index (Phi) is 4.80. The smallest absolute Gasteiger partial charge is 0.339 e. The first kappa shape index (κ1) is 13.8. The molecule has 0 fully saturated rings. The second-order valence-corrected chi connectivity index (χ2v) is 4.01. The van der Waals surface area contributed by atoms with Gasteiger partial charge in [-0.05, 0) is 18.2 Å². The molecule has 0 aromatic heterocycles. The fraction of sp³-hybridized carbons (Fsp3) is 0.300. The Morgan fingerprint density at radius 3 is 2.59 bits per heavy atom. The first-order valence-corrected chi connectivity index (χ1v) is 5.28. The average molecular weight is 313 g/mol. The number of hydrogen-bond donors (Lipinski definition) is 1. The van der Waals surface area contributed by atoms with Crippen molar-refractivity contribution in [2.75, 3.05) is 6.67 Å². The average Bonchev–Trinajstić information content (AvgIpc) is 2.25. The van der Waals surface area contributed by atoms with Crippen LogP contribution in [0.15, 0.2) is 22.7 Å². The molecule has 0 aliphatic carbocycles. The van der Waals surface area contributed by atoms with Gasteiger partial charge >= 0.3 is 5.97 Å². The van der Waals surface area contributed by atoms with Crippen LogP contribution in [0.5, 0.6) is 5.75 Å². The van der Waals surface area contributed by atoms with Gasteiger partial charge in [0.25, 0.3) is 6.43 Å². The van der Waals surface area contributed by atoms with Crippen molar-refractivity contribution in [2.24, 2.45) is 0 Å². The minimum Gasteiger partial charge on any atom is -0.481 e. The van der Waals surface area contributed by atoms with Crippen LogP contribution in [0.2, 0.25) is 0 Å². The molecule has 7 heteroatoms. The van der Waals surface area contributed by atoms with Crippen molar-refractivity contribution in [1.29, 1.82) is 0 Å². The summed E-state index contributed by atoms with van der Waals surface area (Å²) in [6, 6.07) is 3.81. The Morgan fingerprint density at radius 2 is 2.12 bits per heavy atom. The van der Waals surface area contributed by atoms with E-state index in [4.69, 9.17) is 5.11 Å². The van der Waals surface area contributed by atoms with E-state index >= 15 is 0 Å². The lowest BCUT2D eigenvalue weighted by molar-refractivity contribution is -0.00197. The predicted octanol–water partition coefficient (Wildman–Crippen LogP) is 3.13. The molecule has 0 aliphatic heterocycles. The highest BCUT2D eigenvalue weighted by Crippen LogP contribution is 2.26. The maximum absolute atomic E-state index is 12.3. The second-order valence-electron chi connectivity index (χ2n) is 3.09. The van der Waals surface area contributed by atoms with E-state index in [1.165, 1.54) is 18.2 Å². The van der Waals surface area contributed by atoms with Gasteiger partial charge in [0.15, 0.2) is 6.10 Å². The molecule has 17 heavy (non-hydrogen) atoms. The van der Waals surface area contributed by atoms with Gasteiger partial charge in [0.05, 0.1) is 0 Å². The first-order chi connectivity index (χ1) is 7.95. The summed E-state index contributed by atoms with van der Waals surface area (Å²) >= 11 is 3.04. The number of halogens is 4. The molecule has 1 unspecified atom stereocenters. The van der Waals surface area contributed by atoms with Gasteiger partial charge in [-0.2, -0.15) is 0 Å². The number of carboxylic acid groups (broad SMARTS) is 1. The zero-order chi connectivity index (χ0) is 13.0. The van der Waals surface area contributed by atoms with Crippen LogP contribution in [0.25, 0.3) is 0 Å². The summed E-state index contributed by atoms with van der Waals surface area (Å²) < 4.78 is 42.0. The van der Waals surface area contributed by atoms with E-state index < -0.39 is 25.2 Å². The largest absolute Gasteiger partial charge is 0.481 e. The summed E-state index contributed by atoms with van der Waals surface area (Å²) in [5.74, 6) is -1.63. The van der Waals surface area contributed by atoms with Crippen LogP contribution < -0.4 is 4.74 Å². The van der Waals surface area contributed by atoms with Gasteiger partial charge < -0.3 is 9.84 Å². The fourth-order valence-electron chi connectivity index (χ4n) is 1.08. The summed E-state index contributed by atoms with van der Waals surface area (Å²) in [5.41, 5.74) is -0.299. The zero-order valence-corrected chi connectivity index (χ0v) is 9.96. The molecule has 0 saturated carbocycles. The van der Waals surface area contributed by atoms with E-state index in [9.17, 15) is 18.0 Å². The SMILES string of the molecule is O=C(O)c1ccc(Br)cc1OC(CF)C(F)F. The van der Waals surface area contributed by atoms with Crippen molar-refractivity contribution in [3.63, 3.8) is 0 Å². The number of carbonyl (C=O) groups is 1. The first-order valence-electron chi connectivity index (χ1n) is 4.49. The minimum absolute atomic E-state index is 0.296. The molecule has 1 atom stereocenters. The molecule has 0 heterocycles. The van der Waals surface area contributed by atoms with Crippen LogP contribution in [-0.2, 0) is 0 Å². The summed E-state index contributed by atoms with van der Waals surface area (Å²) in [6.45, 7) is -1.40. The minimum atomic E-state index is -3.03. The Bertz CT molecular complexity index is 412. The van der Waals surface area contributed by atoms with Gasteiger partial charge in [0.1, 0.15) is 18.0 Å². The lowest BCUT2D eigenvalue weighted by Crippen LogP contribution is -2.28. The molecule has 0 radical (unpaired) electrons. The Morgan fingerprint density at radius 1 is 1.47 bits per heavy atom. The van der Waals surface area contributed by atoms with Crippen LogP contribution in [0.4, 0.5) is 13.2 Å². The molecule has 1 N–H and O–H groups in total. The molecular formula is C10H8BrF3O3. The number of ether oxygens (including phenoxy) is 1. The van der Waals surface area contributed by atoms with Crippen molar-refractivity contribution in [2.45, 2.75) is 12.5 Å². The van der Waals surface area contributed by atoms with Crippen LogP contribution in [0.3, 0.4) is 0 Å². The third kappa shape index (κ3) is 3.62. The third-order valence-electron chi connectivity index (χ3n) is 1.89. The predicted molar refractivity (Wildman–Crippen MR) is 57.5 cm³/mol. The maximum atomic E-state index is 12.3. The number of alkyl halides is 3. The van der Waals surface area contributed by atoms with Gasteiger partial charge in [-0.3, -0.25) is 0 Å². The lowest BCUT2D eigenvalue weighted by atomic mass is 10.2. The number of benzene rings is 1. The summed E-state index contributed by atoms with van der Waals surface area (Å²) in [6.07, 6.45) is -5.00. The van der Waals surface area contributed by atoms with Gasteiger partial charge in [0.2, 0.25) is 0 Å². The Hall–Kier alpha value is -1.24. The number of aromatic carboxylic acids is 1. The van der Waals surface area contributed by atoms with E-state index in [-0.39, 0.29) is 11.3 Å². The van der Waals surface area contributed by atoms with E-state index in [1.807, 2.05) is 0 Å². The topological polar surface area (TPSA) is 46.5 Å². The van der Waals surface area contributed by atoms with E-state index in [0.29, 0.717) is 4.47 Å². The Labute approximate surface area is 103 Å². The number of rotatable bonds is 5. The fourth-order valence-corrected chi connectivity index (χ4v) is 1.42. The number of carboxylic acids is 1. The van der Waals surface area contributed by atoms with Crippen LogP contribution >= 0.6 is 15.9 Å². The molecule has 0 amide bonds. The molecular weight excluding hydrogens is 305 g/mol. The molecule has 3 nitrogen and oxygen atoms in total. The lowest BCUT2D eigenvalue weighted by Gasteiger charge is -2.16. The van der Waals surface area contributed by atoms with Gasteiger partial charge in [0, 0.05) is 4.47 Å².